The summed E-state index contributed by atoms with van der Waals surface area (Å²) in [6.45, 7) is 3.66. The minimum absolute atomic E-state index is 0.588. The fraction of sp³-hybridized carbons (Fsp3) is 0.286. The van der Waals surface area contributed by atoms with E-state index in [1.54, 1.807) is 18.2 Å². The van der Waals surface area contributed by atoms with Crippen LogP contribution in [0.25, 0.3) is 0 Å². The number of anilines is 1. The number of hydrogen-bond acceptors (Lipinski definition) is 3. The van der Waals surface area contributed by atoms with Gasteiger partial charge in [0.1, 0.15) is 6.07 Å². The van der Waals surface area contributed by atoms with Gasteiger partial charge in [0.15, 0.2) is 0 Å². The monoisotopic (exact) mass is 274 g/mol. The number of hydrogen-bond donors (Lipinski definition) is 1. The summed E-state index contributed by atoms with van der Waals surface area (Å²) in [5, 5.41) is 17.1. The number of nitriles is 1. The van der Waals surface area contributed by atoms with Gasteiger partial charge in [0.05, 0.1) is 17.4 Å². The average molecular weight is 275 g/mol. The van der Waals surface area contributed by atoms with Crippen LogP contribution in [0.4, 0.5) is 5.69 Å². The fourth-order valence-electron chi connectivity index (χ4n) is 1.81. The molecule has 0 aliphatic heterocycles. The van der Waals surface area contributed by atoms with Gasteiger partial charge >= 0.3 is 0 Å². The first-order valence-corrected chi connectivity index (χ1v) is 6.55. The van der Waals surface area contributed by atoms with Crippen LogP contribution in [0.2, 0.25) is 5.02 Å². The van der Waals surface area contributed by atoms with Crippen molar-refractivity contribution in [3.63, 3.8) is 0 Å². The zero-order valence-electron chi connectivity index (χ0n) is 10.7. The van der Waals surface area contributed by atoms with Crippen LogP contribution >= 0.6 is 11.6 Å². The maximum absolute atomic E-state index is 9.03. The number of aryl methyl sites for hydroxylation is 1. The molecule has 0 spiro atoms. The summed E-state index contributed by atoms with van der Waals surface area (Å²) in [5.41, 5.74) is 2.42. The predicted octanol–water partition coefficient (Wildman–Crippen LogP) is 3.43. The Hall–Kier alpha value is -1.99. The van der Waals surface area contributed by atoms with Crippen molar-refractivity contribution >= 4 is 17.3 Å². The van der Waals surface area contributed by atoms with Crippen LogP contribution in [0.5, 0.6) is 0 Å². The fourth-order valence-corrected chi connectivity index (χ4v) is 1.98. The normalized spacial score (nSPS) is 10.2. The Morgan fingerprint density at radius 1 is 1.47 bits per heavy atom. The molecule has 0 saturated heterocycles. The lowest BCUT2D eigenvalue weighted by atomic mass is 10.2. The van der Waals surface area contributed by atoms with E-state index in [9.17, 15) is 0 Å². The van der Waals surface area contributed by atoms with Crippen LogP contribution in [0.1, 0.15) is 24.5 Å². The van der Waals surface area contributed by atoms with E-state index in [1.807, 2.05) is 17.1 Å². The van der Waals surface area contributed by atoms with Crippen LogP contribution < -0.4 is 5.32 Å². The van der Waals surface area contributed by atoms with Gasteiger partial charge in [-0.3, -0.25) is 4.68 Å². The van der Waals surface area contributed by atoms with Crippen molar-refractivity contribution < 1.29 is 0 Å². The summed E-state index contributed by atoms with van der Waals surface area (Å²) < 4.78 is 1.92. The third-order valence-electron chi connectivity index (χ3n) is 2.72. The van der Waals surface area contributed by atoms with Crippen LogP contribution in [-0.4, -0.2) is 9.78 Å². The van der Waals surface area contributed by atoms with Gasteiger partial charge in [0.25, 0.3) is 0 Å². The third-order valence-corrected chi connectivity index (χ3v) is 2.96. The Bertz CT molecular complexity index is 598. The van der Waals surface area contributed by atoms with Crippen LogP contribution in [0, 0.1) is 11.3 Å². The van der Waals surface area contributed by atoms with Gasteiger partial charge in [-0.25, -0.2) is 0 Å². The first-order chi connectivity index (χ1) is 9.22. The Morgan fingerprint density at radius 3 is 3.05 bits per heavy atom. The van der Waals surface area contributed by atoms with Gasteiger partial charge < -0.3 is 5.32 Å². The first-order valence-electron chi connectivity index (χ1n) is 6.17. The van der Waals surface area contributed by atoms with E-state index in [-0.39, 0.29) is 0 Å². The topological polar surface area (TPSA) is 53.6 Å². The summed E-state index contributed by atoms with van der Waals surface area (Å²) in [5.74, 6) is 0. The highest BCUT2D eigenvalue weighted by molar-refractivity contribution is 6.30. The molecule has 0 aliphatic rings. The summed E-state index contributed by atoms with van der Waals surface area (Å²) in [6.07, 6.45) is 4.90. The molecule has 0 atom stereocenters. The van der Waals surface area contributed by atoms with E-state index in [1.165, 1.54) is 0 Å². The smallest absolute Gasteiger partial charge is 0.101 e. The molecule has 1 aromatic carbocycles. The first kappa shape index (κ1) is 13.4. The largest absolute Gasteiger partial charge is 0.380 e. The molecule has 1 aromatic heterocycles. The molecule has 0 radical (unpaired) electrons. The van der Waals surface area contributed by atoms with Crippen LogP contribution in [0.3, 0.4) is 0 Å². The van der Waals surface area contributed by atoms with E-state index in [0.29, 0.717) is 17.1 Å². The summed E-state index contributed by atoms with van der Waals surface area (Å²) in [7, 11) is 0. The quantitative estimate of drug-likeness (QED) is 0.909. The van der Waals surface area contributed by atoms with Gasteiger partial charge in [0, 0.05) is 29.9 Å². The summed E-state index contributed by atoms with van der Waals surface area (Å²) >= 11 is 5.94. The number of halogens is 1. The van der Waals surface area contributed by atoms with Crippen LogP contribution in [0.15, 0.2) is 30.6 Å². The molecule has 0 fully saturated rings. The molecule has 1 heterocycles. The maximum atomic E-state index is 9.03. The van der Waals surface area contributed by atoms with Gasteiger partial charge in [-0.2, -0.15) is 10.4 Å². The van der Waals surface area contributed by atoms with Crippen molar-refractivity contribution in [3.8, 4) is 6.07 Å². The van der Waals surface area contributed by atoms with Crippen molar-refractivity contribution in [2.24, 2.45) is 0 Å². The molecule has 0 amide bonds. The highest BCUT2D eigenvalue weighted by Gasteiger charge is 2.04. The second-order valence-corrected chi connectivity index (χ2v) is 4.70. The zero-order chi connectivity index (χ0) is 13.7. The Kier molecular flexibility index (Phi) is 4.43. The summed E-state index contributed by atoms with van der Waals surface area (Å²) in [6, 6.07) is 7.33. The average Bonchev–Trinajstić information content (AvgIpc) is 2.85. The zero-order valence-corrected chi connectivity index (χ0v) is 11.5. The molecule has 0 unspecified atom stereocenters. The number of nitrogens with zero attached hydrogens (tertiary/aromatic N) is 3. The Balaban J connectivity index is 2.05. The number of rotatable bonds is 5. The van der Waals surface area contributed by atoms with Gasteiger partial charge in [0.2, 0.25) is 0 Å². The second-order valence-electron chi connectivity index (χ2n) is 4.27. The highest BCUT2D eigenvalue weighted by Crippen LogP contribution is 2.20. The molecule has 0 saturated carbocycles. The van der Waals surface area contributed by atoms with Crippen molar-refractivity contribution in [1.82, 2.24) is 9.78 Å². The molecule has 5 heteroatoms. The van der Waals surface area contributed by atoms with E-state index in [0.717, 1.165) is 24.2 Å². The lowest BCUT2D eigenvalue weighted by Gasteiger charge is -2.07. The molecule has 19 heavy (non-hydrogen) atoms. The molecule has 98 valence electrons. The van der Waals surface area contributed by atoms with Gasteiger partial charge in [-0.05, 0) is 24.6 Å². The highest BCUT2D eigenvalue weighted by atomic mass is 35.5. The Labute approximate surface area is 117 Å². The van der Waals surface area contributed by atoms with E-state index in [2.05, 4.69) is 23.4 Å². The SMILES string of the molecule is CCCn1cc(CNc2cc(Cl)ccc2C#N)cn1. The third kappa shape index (κ3) is 3.49. The molecule has 0 bridgehead atoms. The second kappa shape index (κ2) is 6.26. The Morgan fingerprint density at radius 2 is 2.32 bits per heavy atom. The number of aromatic nitrogens is 2. The predicted molar refractivity (Wildman–Crippen MR) is 76.0 cm³/mol. The standard InChI is InChI=1S/C14H15ClN4/c1-2-5-19-10-11(9-18-19)8-17-14-6-13(15)4-3-12(14)7-16/h3-4,6,9-10,17H,2,5,8H2,1H3. The van der Waals surface area contributed by atoms with E-state index >= 15 is 0 Å². The van der Waals surface area contributed by atoms with Crippen molar-refractivity contribution in [2.75, 3.05) is 5.32 Å². The summed E-state index contributed by atoms with van der Waals surface area (Å²) in [4.78, 5) is 0. The van der Waals surface area contributed by atoms with Crippen molar-refractivity contribution in [1.29, 1.82) is 5.26 Å². The van der Waals surface area contributed by atoms with Crippen molar-refractivity contribution in [3.05, 3.63) is 46.7 Å². The minimum Gasteiger partial charge on any atom is -0.380 e. The van der Waals surface area contributed by atoms with Gasteiger partial charge in [-0.15, -0.1) is 0 Å². The lowest BCUT2D eigenvalue weighted by molar-refractivity contribution is 0.602. The van der Waals surface area contributed by atoms with E-state index in [4.69, 9.17) is 16.9 Å². The van der Waals surface area contributed by atoms with E-state index < -0.39 is 0 Å². The minimum atomic E-state index is 0.588. The molecular formula is C14H15ClN4. The van der Waals surface area contributed by atoms with Crippen molar-refractivity contribution in [2.45, 2.75) is 26.4 Å². The van der Waals surface area contributed by atoms with Gasteiger partial charge in [-0.1, -0.05) is 18.5 Å². The molecule has 4 nitrogen and oxygen atoms in total. The van der Waals surface area contributed by atoms with Crippen LogP contribution in [-0.2, 0) is 13.1 Å². The lowest BCUT2D eigenvalue weighted by Crippen LogP contribution is -2.01. The molecular weight excluding hydrogens is 260 g/mol. The molecule has 2 rings (SSSR count). The number of nitrogens with one attached hydrogen (secondary N) is 1. The molecule has 1 N–H and O–H groups in total. The molecule has 0 aliphatic carbocycles. The molecule has 2 aromatic rings. The maximum Gasteiger partial charge on any atom is 0.101 e. The number of benzene rings is 1.